The summed E-state index contributed by atoms with van der Waals surface area (Å²) in [4.78, 5) is 13.8. The average Bonchev–Trinajstić information content (AvgIpc) is 3.01. The van der Waals surface area contributed by atoms with Crippen LogP contribution in [0.5, 0.6) is 11.5 Å². The summed E-state index contributed by atoms with van der Waals surface area (Å²) in [5.74, 6) is 1.92. The zero-order chi connectivity index (χ0) is 14.4. The van der Waals surface area contributed by atoms with Gasteiger partial charge in [0.1, 0.15) is 18.1 Å². The van der Waals surface area contributed by atoms with Crippen molar-refractivity contribution < 1.29 is 14.3 Å². The molecule has 5 nitrogen and oxygen atoms in total. The first-order chi connectivity index (χ1) is 9.70. The number of carbonyl (C=O) groups excluding carboxylic acids is 1. The SMILES string of the molecule is COc1ccc(OCCN(C)C(=O)C2CCNC2)cc1.Cl. The Kier molecular flexibility index (Phi) is 7.32. The summed E-state index contributed by atoms with van der Waals surface area (Å²) in [6, 6.07) is 7.44. The van der Waals surface area contributed by atoms with Crippen LogP contribution in [0.15, 0.2) is 24.3 Å². The number of hydrogen-bond donors (Lipinski definition) is 1. The molecule has 1 aliphatic heterocycles. The van der Waals surface area contributed by atoms with Gasteiger partial charge in [0.2, 0.25) is 5.91 Å². The second kappa shape index (κ2) is 8.74. The number of hydrogen-bond acceptors (Lipinski definition) is 4. The van der Waals surface area contributed by atoms with Crippen LogP contribution in [-0.2, 0) is 4.79 Å². The predicted molar refractivity (Wildman–Crippen MR) is 84.4 cm³/mol. The number of benzene rings is 1. The highest BCUT2D eigenvalue weighted by Crippen LogP contribution is 2.17. The molecule has 118 valence electrons. The fourth-order valence-corrected chi connectivity index (χ4v) is 2.26. The highest BCUT2D eigenvalue weighted by Gasteiger charge is 2.24. The maximum absolute atomic E-state index is 12.1. The van der Waals surface area contributed by atoms with E-state index in [1.54, 1.807) is 12.0 Å². The smallest absolute Gasteiger partial charge is 0.226 e. The molecule has 6 heteroatoms. The molecule has 0 aliphatic carbocycles. The Morgan fingerprint density at radius 2 is 2.00 bits per heavy atom. The van der Waals surface area contributed by atoms with Gasteiger partial charge in [0.25, 0.3) is 0 Å². The lowest BCUT2D eigenvalue weighted by Crippen LogP contribution is -2.36. The summed E-state index contributed by atoms with van der Waals surface area (Å²) < 4.78 is 10.7. The Morgan fingerprint density at radius 3 is 2.57 bits per heavy atom. The lowest BCUT2D eigenvalue weighted by atomic mass is 10.1. The molecule has 0 bridgehead atoms. The molecule has 1 heterocycles. The molecular formula is C15H23ClN2O3. The molecule has 0 saturated carbocycles. The molecule has 1 amide bonds. The summed E-state index contributed by atoms with van der Waals surface area (Å²) in [7, 11) is 3.46. The third kappa shape index (κ3) is 5.10. The molecule has 1 saturated heterocycles. The van der Waals surface area contributed by atoms with Crippen LogP contribution >= 0.6 is 12.4 Å². The third-order valence-corrected chi connectivity index (χ3v) is 3.54. The normalized spacial score (nSPS) is 17.0. The van der Waals surface area contributed by atoms with Crippen LogP contribution in [0.25, 0.3) is 0 Å². The summed E-state index contributed by atoms with van der Waals surface area (Å²) in [6.45, 7) is 2.82. The molecule has 1 aliphatic rings. The molecular weight excluding hydrogens is 292 g/mol. The summed E-state index contributed by atoms with van der Waals surface area (Å²) in [5, 5.41) is 3.21. The minimum Gasteiger partial charge on any atom is -0.497 e. The van der Waals surface area contributed by atoms with E-state index >= 15 is 0 Å². The van der Waals surface area contributed by atoms with E-state index in [9.17, 15) is 4.79 Å². The number of carbonyl (C=O) groups is 1. The van der Waals surface area contributed by atoms with Gasteiger partial charge in [-0.3, -0.25) is 4.79 Å². The number of likely N-dealkylation sites (N-methyl/N-ethyl adjacent to an activating group) is 1. The Hall–Kier alpha value is -1.46. The fraction of sp³-hybridized carbons (Fsp3) is 0.533. The molecule has 21 heavy (non-hydrogen) atoms. The van der Waals surface area contributed by atoms with E-state index in [-0.39, 0.29) is 24.2 Å². The lowest BCUT2D eigenvalue weighted by Gasteiger charge is -2.20. The van der Waals surface area contributed by atoms with Crippen LogP contribution in [0.3, 0.4) is 0 Å². The van der Waals surface area contributed by atoms with Crippen molar-refractivity contribution in [3.05, 3.63) is 24.3 Å². The monoisotopic (exact) mass is 314 g/mol. The quantitative estimate of drug-likeness (QED) is 0.866. The largest absolute Gasteiger partial charge is 0.497 e. The molecule has 1 N–H and O–H groups in total. The van der Waals surface area contributed by atoms with Gasteiger partial charge in [0.05, 0.1) is 19.6 Å². The number of methoxy groups -OCH3 is 1. The summed E-state index contributed by atoms with van der Waals surface area (Å²) >= 11 is 0. The number of halogens is 1. The van der Waals surface area contributed by atoms with Gasteiger partial charge in [-0.05, 0) is 37.2 Å². The standard InChI is InChI=1S/C15H22N2O3.ClH/c1-17(15(18)12-7-8-16-11-12)9-10-20-14-5-3-13(19-2)4-6-14;/h3-6,12,16H,7-11H2,1-2H3;1H. The van der Waals surface area contributed by atoms with Gasteiger partial charge in [-0.1, -0.05) is 0 Å². The highest BCUT2D eigenvalue weighted by atomic mass is 35.5. The zero-order valence-corrected chi connectivity index (χ0v) is 13.3. The van der Waals surface area contributed by atoms with Gasteiger partial charge < -0.3 is 19.7 Å². The van der Waals surface area contributed by atoms with Crippen molar-refractivity contribution in [1.29, 1.82) is 0 Å². The topological polar surface area (TPSA) is 50.8 Å². The van der Waals surface area contributed by atoms with E-state index in [1.165, 1.54) is 0 Å². The van der Waals surface area contributed by atoms with E-state index < -0.39 is 0 Å². The molecule has 1 aromatic carbocycles. The first-order valence-electron chi connectivity index (χ1n) is 6.93. The molecule has 1 unspecified atom stereocenters. The third-order valence-electron chi connectivity index (χ3n) is 3.54. The fourth-order valence-electron chi connectivity index (χ4n) is 2.26. The number of nitrogens with one attached hydrogen (secondary N) is 1. The maximum atomic E-state index is 12.1. The Balaban J connectivity index is 0.00000220. The van der Waals surface area contributed by atoms with Crippen molar-refractivity contribution in [2.75, 3.05) is 40.4 Å². The van der Waals surface area contributed by atoms with Gasteiger partial charge in [0, 0.05) is 13.6 Å². The molecule has 1 aromatic rings. The lowest BCUT2D eigenvalue weighted by molar-refractivity contribution is -0.133. The van der Waals surface area contributed by atoms with Crippen molar-refractivity contribution in [3.8, 4) is 11.5 Å². The van der Waals surface area contributed by atoms with Crippen molar-refractivity contribution in [2.45, 2.75) is 6.42 Å². The van der Waals surface area contributed by atoms with Crippen molar-refractivity contribution >= 4 is 18.3 Å². The maximum Gasteiger partial charge on any atom is 0.226 e. The van der Waals surface area contributed by atoms with Crippen molar-refractivity contribution in [1.82, 2.24) is 10.2 Å². The number of rotatable bonds is 6. The minimum atomic E-state index is 0. The van der Waals surface area contributed by atoms with E-state index in [4.69, 9.17) is 9.47 Å². The van der Waals surface area contributed by atoms with Crippen molar-refractivity contribution in [3.63, 3.8) is 0 Å². The molecule has 1 fully saturated rings. The molecule has 1 atom stereocenters. The van der Waals surface area contributed by atoms with Gasteiger partial charge in [0.15, 0.2) is 0 Å². The molecule has 0 spiro atoms. The zero-order valence-electron chi connectivity index (χ0n) is 12.5. The average molecular weight is 315 g/mol. The predicted octanol–water partition coefficient (Wildman–Crippen LogP) is 1.56. The summed E-state index contributed by atoms with van der Waals surface area (Å²) in [6.07, 6.45) is 0.933. The van der Waals surface area contributed by atoms with E-state index in [0.717, 1.165) is 31.0 Å². The Morgan fingerprint density at radius 1 is 1.33 bits per heavy atom. The minimum absolute atomic E-state index is 0. The molecule has 2 rings (SSSR count). The number of amides is 1. The number of ether oxygens (including phenoxy) is 2. The summed E-state index contributed by atoms with van der Waals surface area (Å²) in [5.41, 5.74) is 0. The van der Waals surface area contributed by atoms with Crippen LogP contribution in [-0.4, -0.2) is 51.2 Å². The highest BCUT2D eigenvalue weighted by molar-refractivity contribution is 5.85. The molecule has 0 aromatic heterocycles. The first kappa shape index (κ1) is 17.6. The Labute approximate surface area is 132 Å². The van der Waals surface area contributed by atoms with E-state index in [0.29, 0.717) is 13.2 Å². The van der Waals surface area contributed by atoms with Crippen LogP contribution in [0, 0.1) is 5.92 Å². The molecule has 0 radical (unpaired) electrons. The number of nitrogens with zero attached hydrogens (tertiary/aromatic N) is 1. The van der Waals surface area contributed by atoms with Crippen LogP contribution in [0.2, 0.25) is 0 Å². The van der Waals surface area contributed by atoms with Crippen molar-refractivity contribution in [2.24, 2.45) is 5.92 Å². The second-order valence-electron chi connectivity index (χ2n) is 4.97. The van der Waals surface area contributed by atoms with Gasteiger partial charge in [-0.25, -0.2) is 0 Å². The van der Waals surface area contributed by atoms with Crippen LogP contribution < -0.4 is 14.8 Å². The van der Waals surface area contributed by atoms with Crippen LogP contribution in [0.4, 0.5) is 0 Å². The van der Waals surface area contributed by atoms with Gasteiger partial charge in [-0.2, -0.15) is 0 Å². The van der Waals surface area contributed by atoms with E-state index in [1.807, 2.05) is 31.3 Å². The Bertz CT molecular complexity index is 433. The van der Waals surface area contributed by atoms with Gasteiger partial charge >= 0.3 is 0 Å². The second-order valence-corrected chi connectivity index (χ2v) is 4.97. The van der Waals surface area contributed by atoms with Gasteiger partial charge in [-0.15, -0.1) is 12.4 Å². The van der Waals surface area contributed by atoms with Crippen LogP contribution in [0.1, 0.15) is 6.42 Å². The van der Waals surface area contributed by atoms with E-state index in [2.05, 4.69) is 5.32 Å². The first-order valence-corrected chi connectivity index (χ1v) is 6.93.